The van der Waals surface area contributed by atoms with E-state index in [1.54, 1.807) is 40.3 Å². The summed E-state index contributed by atoms with van der Waals surface area (Å²) in [6, 6.07) is 8.60. The first kappa shape index (κ1) is 19.9. The first-order valence-electron chi connectivity index (χ1n) is 8.99. The van der Waals surface area contributed by atoms with Crippen LogP contribution < -0.4 is 0 Å². The van der Waals surface area contributed by atoms with Gasteiger partial charge in [0.25, 0.3) is 11.8 Å². The van der Waals surface area contributed by atoms with Crippen molar-refractivity contribution in [3.8, 4) is 10.8 Å². The molecule has 6 nitrogen and oxygen atoms in total. The molecule has 9 heteroatoms. The van der Waals surface area contributed by atoms with Gasteiger partial charge in [-0.25, -0.2) is 4.98 Å². The van der Waals surface area contributed by atoms with Gasteiger partial charge in [-0.2, -0.15) is 0 Å². The average molecular weight is 450 g/mol. The molecule has 1 aromatic carbocycles. The van der Waals surface area contributed by atoms with Crippen LogP contribution in [-0.4, -0.2) is 52.8 Å². The number of aromatic nitrogens is 1. The highest BCUT2D eigenvalue weighted by Gasteiger charge is 2.29. The molecule has 1 saturated heterocycles. The molecular weight excluding hydrogens is 433 g/mol. The van der Waals surface area contributed by atoms with Gasteiger partial charge in [0.05, 0.1) is 21.9 Å². The lowest BCUT2D eigenvalue weighted by atomic mass is 10.1. The number of aryl methyl sites for hydroxylation is 1. The lowest BCUT2D eigenvalue weighted by Gasteiger charge is -2.34. The smallest absolute Gasteiger partial charge is 0.273 e. The predicted molar refractivity (Wildman–Crippen MR) is 113 cm³/mol. The molecule has 29 heavy (non-hydrogen) atoms. The highest BCUT2D eigenvalue weighted by Crippen LogP contribution is 2.29. The molecule has 1 aliphatic rings. The Labute approximate surface area is 181 Å². The molecule has 1 aliphatic heterocycles. The van der Waals surface area contributed by atoms with Crippen molar-refractivity contribution >= 4 is 46.4 Å². The number of hydrogen-bond donors (Lipinski definition) is 0. The zero-order valence-corrected chi connectivity index (χ0v) is 17.9. The summed E-state index contributed by atoms with van der Waals surface area (Å²) in [6.45, 7) is 3.56. The fraction of sp³-hybridized carbons (Fsp3) is 0.250. The summed E-state index contributed by atoms with van der Waals surface area (Å²) in [7, 11) is 0. The Bertz CT molecular complexity index is 1060. The molecule has 1 fully saturated rings. The number of carbonyl (C=O) groups excluding carboxylic acids is 2. The maximum Gasteiger partial charge on any atom is 0.273 e. The fourth-order valence-electron chi connectivity index (χ4n) is 3.20. The lowest BCUT2D eigenvalue weighted by Crippen LogP contribution is -2.50. The van der Waals surface area contributed by atoms with Crippen LogP contribution in [0.2, 0.25) is 10.0 Å². The largest absolute Gasteiger partial charge is 0.462 e. The Morgan fingerprint density at radius 1 is 1.03 bits per heavy atom. The van der Waals surface area contributed by atoms with Crippen LogP contribution in [-0.2, 0) is 0 Å². The third kappa shape index (κ3) is 3.90. The van der Waals surface area contributed by atoms with Crippen molar-refractivity contribution in [2.24, 2.45) is 0 Å². The zero-order valence-electron chi connectivity index (χ0n) is 15.5. The Hall–Kier alpha value is -2.35. The van der Waals surface area contributed by atoms with Gasteiger partial charge in [-0.1, -0.05) is 29.3 Å². The van der Waals surface area contributed by atoms with Crippen molar-refractivity contribution in [1.82, 2.24) is 14.8 Å². The van der Waals surface area contributed by atoms with E-state index in [-0.39, 0.29) is 16.8 Å². The predicted octanol–water partition coefficient (Wildman–Crippen LogP) is 4.62. The minimum absolute atomic E-state index is 0.135. The summed E-state index contributed by atoms with van der Waals surface area (Å²) in [6.07, 6.45) is 1.58. The summed E-state index contributed by atoms with van der Waals surface area (Å²) in [5.41, 5.74) is 0.802. The van der Waals surface area contributed by atoms with Crippen molar-refractivity contribution in [1.29, 1.82) is 0 Å². The molecule has 0 unspecified atom stereocenters. The van der Waals surface area contributed by atoms with E-state index in [2.05, 4.69) is 4.98 Å². The number of furan rings is 1. The summed E-state index contributed by atoms with van der Waals surface area (Å²) in [4.78, 5) is 34.4. The Morgan fingerprint density at radius 2 is 1.72 bits per heavy atom. The third-order valence-corrected chi connectivity index (χ3v) is 6.57. The molecule has 0 atom stereocenters. The van der Waals surface area contributed by atoms with Crippen LogP contribution in [0.1, 0.15) is 25.7 Å². The van der Waals surface area contributed by atoms with Gasteiger partial charge in [0, 0.05) is 31.1 Å². The summed E-state index contributed by atoms with van der Waals surface area (Å²) >= 11 is 13.6. The van der Waals surface area contributed by atoms with Crippen LogP contribution in [0.5, 0.6) is 0 Å². The second kappa shape index (κ2) is 8.18. The Kier molecular flexibility index (Phi) is 5.63. The van der Waals surface area contributed by atoms with E-state index in [1.807, 2.05) is 13.0 Å². The first-order chi connectivity index (χ1) is 14.0. The van der Waals surface area contributed by atoms with E-state index in [1.165, 1.54) is 11.3 Å². The summed E-state index contributed by atoms with van der Waals surface area (Å²) < 4.78 is 5.37. The number of rotatable bonds is 3. The number of halogens is 2. The minimum Gasteiger partial charge on any atom is -0.462 e. The van der Waals surface area contributed by atoms with Crippen LogP contribution >= 0.6 is 34.5 Å². The molecule has 0 N–H and O–H groups in total. The van der Waals surface area contributed by atoms with Gasteiger partial charge in [0.2, 0.25) is 0 Å². The van der Waals surface area contributed by atoms with E-state index in [4.69, 9.17) is 27.6 Å². The number of carbonyl (C=O) groups is 2. The number of benzene rings is 1. The monoisotopic (exact) mass is 449 g/mol. The van der Waals surface area contributed by atoms with Crippen molar-refractivity contribution in [2.75, 3.05) is 26.2 Å². The molecule has 2 aromatic heterocycles. The normalized spacial score (nSPS) is 14.3. The summed E-state index contributed by atoms with van der Waals surface area (Å²) in [5.74, 6) is 0.324. The SMILES string of the molecule is Cc1sc(-c2ccco2)nc1C(=O)N1CCN(C(=O)c2cccc(Cl)c2Cl)CC1. The van der Waals surface area contributed by atoms with Crippen LogP contribution in [0.15, 0.2) is 41.0 Å². The molecule has 150 valence electrons. The van der Waals surface area contributed by atoms with E-state index >= 15 is 0 Å². The highest BCUT2D eigenvalue weighted by atomic mass is 35.5. The molecule has 0 saturated carbocycles. The number of thiazole rings is 1. The molecule has 4 rings (SSSR count). The highest BCUT2D eigenvalue weighted by molar-refractivity contribution is 7.15. The van der Waals surface area contributed by atoms with Gasteiger partial charge in [0.1, 0.15) is 5.69 Å². The topological polar surface area (TPSA) is 66.7 Å². The van der Waals surface area contributed by atoms with Gasteiger partial charge < -0.3 is 14.2 Å². The van der Waals surface area contributed by atoms with Gasteiger partial charge in [0.15, 0.2) is 10.8 Å². The minimum atomic E-state index is -0.186. The van der Waals surface area contributed by atoms with Crippen molar-refractivity contribution in [3.63, 3.8) is 0 Å². The van der Waals surface area contributed by atoms with Crippen molar-refractivity contribution in [3.05, 3.63) is 62.8 Å². The van der Waals surface area contributed by atoms with Crippen LogP contribution in [0, 0.1) is 6.92 Å². The summed E-state index contributed by atoms with van der Waals surface area (Å²) in [5, 5.41) is 1.28. The molecule has 2 amide bonds. The lowest BCUT2D eigenvalue weighted by molar-refractivity contribution is 0.0532. The van der Waals surface area contributed by atoms with E-state index in [9.17, 15) is 9.59 Å². The standard InChI is InChI=1S/C20H17Cl2N3O3S/c1-12-17(23-18(29-12)15-6-3-11-28-15)20(27)25-9-7-24(8-10-25)19(26)13-4-2-5-14(21)16(13)22/h2-6,11H,7-10H2,1H3. The molecule has 0 bridgehead atoms. The molecular formula is C20H17Cl2N3O3S. The maximum atomic E-state index is 12.9. The van der Waals surface area contributed by atoms with Gasteiger partial charge in [-0.15, -0.1) is 11.3 Å². The molecule has 3 aromatic rings. The van der Waals surface area contributed by atoms with Crippen LogP contribution in [0.25, 0.3) is 10.8 Å². The van der Waals surface area contributed by atoms with Crippen molar-refractivity contribution < 1.29 is 14.0 Å². The number of piperazine rings is 1. The Morgan fingerprint density at radius 3 is 2.38 bits per heavy atom. The van der Waals surface area contributed by atoms with Crippen LogP contribution in [0.3, 0.4) is 0 Å². The van der Waals surface area contributed by atoms with E-state index < -0.39 is 0 Å². The molecule has 0 radical (unpaired) electrons. The number of hydrogen-bond acceptors (Lipinski definition) is 5. The van der Waals surface area contributed by atoms with Crippen LogP contribution in [0.4, 0.5) is 0 Å². The Balaban J connectivity index is 1.44. The molecule has 0 spiro atoms. The quantitative estimate of drug-likeness (QED) is 0.584. The first-order valence-corrected chi connectivity index (χ1v) is 10.6. The van der Waals surface area contributed by atoms with Gasteiger partial charge in [-0.05, 0) is 31.2 Å². The molecule has 3 heterocycles. The number of nitrogens with zero attached hydrogens (tertiary/aromatic N) is 3. The molecule has 0 aliphatic carbocycles. The third-order valence-electron chi connectivity index (χ3n) is 4.77. The van der Waals surface area contributed by atoms with Crippen molar-refractivity contribution in [2.45, 2.75) is 6.92 Å². The van der Waals surface area contributed by atoms with Gasteiger partial charge in [-0.3, -0.25) is 9.59 Å². The second-order valence-electron chi connectivity index (χ2n) is 6.59. The maximum absolute atomic E-state index is 12.9. The number of amides is 2. The zero-order chi connectivity index (χ0) is 20.5. The van der Waals surface area contributed by atoms with E-state index in [0.29, 0.717) is 53.2 Å². The van der Waals surface area contributed by atoms with Gasteiger partial charge >= 0.3 is 0 Å². The second-order valence-corrected chi connectivity index (χ2v) is 8.58. The fourth-order valence-corrected chi connectivity index (χ4v) is 4.46. The average Bonchev–Trinajstić information content (AvgIpc) is 3.39. The van der Waals surface area contributed by atoms with E-state index in [0.717, 1.165) is 4.88 Å².